The molecule has 0 aromatic heterocycles. The van der Waals surface area contributed by atoms with Crippen molar-refractivity contribution in [3.8, 4) is 6.07 Å². The highest BCUT2D eigenvalue weighted by atomic mass is 35.5. The van der Waals surface area contributed by atoms with Crippen molar-refractivity contribution in [2.75, 3.05) is 13.6 Å². The van der Waals surface area contributed by atoms with Crippen LogP contribution in [0.25, 0.3) is 0 Å². The van der Waals surface area contributed by atoms with Gasteiger partial charge in [0.25, 0.3) is 0 Å². The van der Waals surface area contributed by atoms with Crippen LogP contribution in [-0.2, 0) is 16.9 Å². The summed E-state index contributed by atoms with van der Waals surface area (Å²) in [4.78, 5) is 0. The van der Waals surface area contributed by atoms with Gasteiger partial charge in [0.1, 0.15) is 11.4 Å². The van der Waals surface area contributed by atoms with E-state index >= 15 is 0 Å². The second-order valence-corrected chi connectivity index (χ2v) is 5.81. The first-order chi connectivity index (χ1) is 11.2. The van der Waals surface area contributed by atoms with E-state index in [1.807, 2.05) is 25.2 Å². The maximum Gasteiger partial charge on any atom is 0.123 e. The van der Waals surface area contributed by atoms with Crippen LogP contribution in [0.15, 0.2) is 42.5 Å². The predicted octanol–water partition coefficient (Wildman–Crippen LogP) is 3.89. The third-order valence-electron chi connectivity index (χ3n) is 4.41. The molecule has 0 saturated heterocycles. The number of ether oxygens (including phenoxy) is 1. The Morgan fingerprint density at radius 1 is 1.25 bits per heavy atom. The molecule has 1 unspecified atom stereocenters. The molecule has 0 aliphatic carbocycles. The topological polar surface area (TPSA) is 45.0 Å². The molecule has 0 saturated carbocycles. The lowest BCUT2D eigenvalue weighted by molar-refractivity contribution is -0.0128. The first kappa shape index (κ1) is 18.4. The zero-order chi connectivity index (χ0) is 16.3. The lowest BCUT2D eigenvalue weighted by Gasteiger charge is -2.30. The van der Waals surface area contributed by atoms with Crippen molar-refractivity contribution in [3.05, 3.63) is 70.5 Å². The zero-order valence-corrected chi connectivity index (χ0v) is 14.3. The number of nitrogens with one attached hydrogen (secondary N) is 1. The summed E-state index contributed by atoms with van der Waals surface area (Å²) in [6.07, 6.45) is 1.74. The Bertz CT molecular complexity index is 742. The summed E-state index contributed by atoms with van der Waals surface area (Å²) >= 11 is 0. The van der Waals surface area contributed by atoms with E-state index in [0.717, 1.165) is 36.1 Å². The van der Waals surface area contributed by atoms with Crippen molar-refractivity contribution in [1.82, 2.24) is 5.32 Å². The van der Waals surface area contributed by atoms with Crippen molar-refractivity contribution >= 4 is 12.4 Å². The van der Waals surface area contributed by atoms with E-state index < -0.39 is 5.60 Å². The van der Waals surface area contributed by atoms with Gasteiger partial charge < -0.3 is 10.1 Å². The van der Waals surface area contributed by atoms with Crippen molar-refractivity contribution < 1.29 is 9.13 Å². The Labute approximate surface area is 147 Å². The molecule has 1 aliphatic rings. The standard InChI is InChI=1S/C19H19FN2O.ClH/c1-22-10-2-9-19(16-4-6-17(20)7-5-16)18-8-3-14(12-21)11-15(18)13-23-19;/h3-8,11,22H,2,9-10,13H2,1H3;1H. The number of rotatable bonds is 5. The fraction of sp³-hybridized carbons (Fsp3) is 0.316. The summed E-state index contributed by atoms with van der Waals surface area (Å²) in [7, 11) is 1.92. The van der Waals surface area contributed by atoms with Gasteiger partial charge in [-0.2, -0.15) is 5.26 Å². The monoisotopic (exact) mass is 346 g/mol. The average molecular weight is 347 g/mol. The van der Waals surface area contributed by atoms with Gasteiger partial charge in [-0.15, -0.1) is 12.4 Å². The number of benzene rings is 2. The third kappa shape index (κ3) is 3.29. The maximum absolute atomic E-state index is 13.3. The first-order valence-corrected chi connectivity index (χ1v) is 7.78. The second-order valence-electron chi connectivity index (χ2n) is 5.81. The number of hydrogen-bond donors (Lipinski definition) is 1. The molecular formula is C19H20ClFN2O. The normalized spacial score (nSPS) is 18.5. The average Bonchev–Trinajstić information content (AvgIpc) is 2.95. The van der Waals surface area contributed by atoms with Crippen LogP contribution in [-0.4, -0.2) is 13.6 Å². The molecule has 0 amide bonds. The van der Waals surface area contributed by atoms with Crippen LogP contribution in [0.3, 0.4) is 0 Å². The molecule has 0 bridgehead atoms. The van der Waals surface area contributed by atoms with Crippen LogP contribution in [0.2, 0.25) is 0 Å². The van der Waals surface area contributed by atoms with Gasteiger partial charge >= 0.3 is 0 Å². The molecular weight excluding hydrogens is 327 g/mol. The summed E-state index contributed by atoms with van der Waals surface area (Å²) in [6.45, 7) is 1.36. The van der Waals surface area contributed by atoms with E-state index in [1.54, 1.807) is 12.1 Å². The van der Waals surface area contributed by atoms with Crippen LogP contribution < -0.4 is 5.32 Å². The molecule has 3 nitrogen and oxygen atoms in total. The van der Waals surface area contributed by atoms with Gasteiger partial charge in [-0.3, -0.25) is 0 Å². The van der Waals surface area contributed by atoms with Gasteiger partial charge in [0.2, 0.25) is 0 Å². The highest BCUT2D eigenvalue weighted by Crippen LogP contribution is 2.45. The van der Waals surface area contributed by atoms with Crippen molar-refractivity contribution in [1.29, 1.82) is 5.26 Å². The SMILES string of the molecule is CNCCCC1(c2ccc(F)cc2)OCc2cc(C#N)ccc21.Cl. The number of nitrogens with zero attached hydrogens (tertiary/aromatic N) is 1. The number of halogens is 2. The van der Waals surface area contributed by atoms with Crippen molar-refractivity contribution in [2.45, 2.75) is 25.0 Å². The zero-order valence-electron chi connectivity index (χ0n) is 13.5. The van der Waals surface area contributed by atoms with Crippen LogP contribution in [0, 0.1) is 17.1 Å². The highest BCUT2D eigenvalue weighted by molar-refractivity contribution is 5.85. The second kappa shape index (κ2) is 7.76. The minimum Gasteiger partial charge on any atom is -0.361 e. The fourth-order valence-corrected chi connectivity index (χ4v) is 3.28. The molecule has 3 rings (SSSR count). The molecule has 1 aliphatic heterocycles. The van der Waals surface area contributed by atoms with Gasteiger partial charge in [0.05, 0.1) is 18.2 Å². The van der Waals surface area contributed by atoms with Crippen LogP contribution in [0.4, 0.5) is 4.39 Å². The van der Waals surface area contributed by atoms with Crippen LogP contribution >= 0.6 is 12.4 Å². The number of fused-ring (bicyclic) bond motifs is 1. The van der Waals surface area contributed by atoms with Gasteiger partial charge in [-0.1, -0.05) is 18.2 Å². The van der Waals surface area contributed by atoms with Gasteiger partial charge in [-0.25, -0.2) is 4.39 Å². The molecule has 0 radical (unpaired) electrons. The molecule has 5 heteroatoms. The Kier molecular flexibility index (Phi) is 5.95. The lowest BCUT2D eigenvalue weighted by atomic mass is 9.81. The minimum absolute atomic E-state index is 0. The summed E-state index contributed by atoms with van der Waals surface area (Å²) in [6, 6.07) is 14.4. The molecule has 0 spiro atoms. The van der Waals surface area contributed by atoms with E-state index in [4.69, 9.17) is 10.00 Å². The quantitative estimate of drug-likeness (QED) is 0.835. The predicted molar refractivity (Wildman–Crippen MR) is 93.5 cm³/mol. The van der Waals surface area contributed by atoms with E-state index in [2.05, 4.69) is 11.4 Å². The lowest BCUT2D eigenvalue weighted by Crippen LogP contribution is -2.28. The van der Waals surface area contributed by atoms with Gasteiger partial charge in [0, 0.05) is 0 Å². The largest absolute Gasteiger partial charge is 0.361 e. The van der Waals surface area contributed by atoms with E-state index in [9.17, 15) is 4.39 Å². The summed E-state index contributed by atoms with van der Waals surface area (Å²) < 4.78 is 19.5. The number of hydrogen-bond acceptors (Lipinski definition) is 3. The van der Waals surface area contributed by atoms with Crippen molar-refractivity contribution in [2.24, 2.45) is 0 Å². The van der Waals surface area contributed by atoms with E-state index in [-0.39, 0.29) is 18.2 Å². The summed E-state index contributed by atoms with van der Waals surface area (Å²) in [5.41, 5.74) is 3.15. The van der Waals surface area contributed by atoms with Crippen LogP contribution in [0.1, 0.15) is 35.1 Å². The summed E-state index contributed by atoms with van der Waals surface area (Å²) in [5, 5.41) is 12.2. The van der Waals surface area contributed by atoms with Crippen molar-refractivity contribution in [3.63, 3.8) is 0 Å². The summed E-state index contributed by atoms with van der Waals surface area (Å²) in [5.74, 6) is -0.253. The Morgan fingerprint density at radius 3 is 2.67 bits per heavy atom. The maximum atomic E-state index is 13.3. The molecule has 0 fully saturated rings. The fourth-order valence-electron chi connectivity index (χ4n) is 3.28. The number of nitriles is 1. The molecule has 126 valence electrons. The third-order valence-corrected chi connectivity index (χ3v) is 4.41. The first-order valence-electron chi connectivity index (χ1n) is 7.78. The molecule has 1 atom stereocenters. The molecule has 1 heterocycles. The Morgan fingerprint density at radius 2 is 2.00 bits per heavy atom. The van der Waals surface area contributed by atoms with E-state index in [0.29, 0.717) is 12.2 Å². The smallest absolute Gasteiger partial charge is 0.123 e. The molecule has 2 aromatic rings. The van der Waals surface area contributed by atoms with Gasteiger partial charge in [-0.05, 0) is 67.4 Å². The van der Waals surface area contributed by atoms with Gasteiger partial charge in [0.15, 0.2) is 0 Å². The molecule has 24 heavy (non-hydrogen) atoms. The minimum atomic E-state index is -0.562. The Hall–Kier alpha value is -1.93. The molecule has 1 N–H and O–H groups in total. The highest BCUT2D eigenvalue weighted by Gasteiger charge is 2.41. The molecule has 2 aromatic carbocycles. The van der Waals surface area contributed by atoms with Crippen LogP contribution in [0.5, 0.6) is 0 Å². The Balaban J connectivity index is 0.00000208. The van der Waals surface area contributed by atoms with E-state index in [1.165, 1.54) is 12.1 Å².